The molecular formula is C10H16N2O3. The number of rotatable bonds is 2. The molecule has 5 heteroatoms. The summed E-state index contributed by atoms with van der Waals surface area (Å²) in [5.41, 5.74) is 0. The fraction of sp³-hybridized carbons (Fsp3) is 0.900. The summed E-state index contributed by atoms with van der Waals surface area (Å²) in [4.78, 5) is 21.3. The molecule has 0 radical (unpaired) electrons. The predicted molar refractivity (Wildman–Crippen MR) is 53.9 cm³/mol. The lowest BCUT2D eigenvalue weighted by molar-refractivity contribution is -0.144. The van der Waals surface area contributed by atoms with Crippen molar-refractivity contribution in [1.29, 1.82) is 0 Å². The van der Waals surface area contributed by atoms with Gasteiger partial charge in [-0.05, 0) is 37.5 Å². The molecule has 15 heavy (non-hydrogen) atoms. The Morgan fingerprint density at radius 2 is 2.07 bits per heavy atom. The van der Waals surface area contributed by atoms with Gasteiger partial charge in [0.05, 0.1) is 11.2 Å². The first-order chi connectivity index (χ1) is 7.20. The first-order valence-corrected chi connectivity index (χ1v) is 5.51. The topological polar surface area (TPSA) is 70.0 Å². The zero-order chi connectivity index (χ0) is 10.8. The largest absolute Gasteiger partial charge is 0.481 e. The van der Waals surface area contributed by atoms with Crippen molar-refractivity contribution in [1.82, 2.24) is 5.01 Å². The van der Waals surface area contributed by atoms with Crippen LogP contribution in [0.25, 0.3) is 0 Å². The Bertz CT molecular complexity index is 269. The highest BCUT2D eigenvalue weighted by molar-refractivity contribution is 5.70. The number of nitroso groups, excluding NO2 is 1. The van der Waals surface area contributed by atoms with Gasteiger partial charge >= 0.3 is 5.97 Å². The molecule has 1 N–H and O–H groups in total. The minimum absolute atomic E-state index is 0.165. The quantitative estimate of drug-likeness (QED) is 0.704. The molecular weight excluding hydrogens is 196 g/mol. The molecule has 5 nitrogen and oxygen atoms in total. The van der Waals surface area contributed by atoms with Crippen LogP contribution in [0.15, 0.2) is 5.29 Å². The van der Waals surface area contributed by atoms with E-state index in [9.17, 15) is 9.70 Å². The van der Waals surface area contributed by atoms with Crippen molar-refractivity contribution in [3.8, 4) is 0 Å². The van der Waals surface area contributed by atoms with Crippen molar-refractivity contribution < 1.29 is 9.90 Å². The fourth-order valence-electron chi connectivity index (χ4n) is 2.90. The lowest BCUT2D eigenvalue weighted by Crippen LogP contribution is -2.41. The molecule has 0 aromatic rings. The van der Waals surface area contributed by atoms with Gasteiger partial charge in [0, 0.05) is 13.1 Å². The highest BCUT2D eigenvalue weighted by atomic mass is 16.4. The maximum Gasteiger partial charge on any atom is 0.306 e. The molecule has 1 aliphatic heterocycles. The number of carbonyl (C=O) groups is 1. The summed E-state index contributed by atoms with van der Waals surface area (Å²) in [6.45, 7) is 1.41. The maximum absolute atomic E-state index is 10.9. The van der Waals surface area contributed by atoms with E-state index in [0.717, 1.165) is 32.2 Å². The highest BCUT2D eigenvalue weighted by Gasteiger charge is 2.37. The average molecular weight is 212 g/mol. The zero-order valence-electron chi connectivity index (χ0n) is 8.63. The number of hydrogen-bond acceptors (Lipinski definition) is 3. The van der Waals surface area contributed by atoms with Crippen LogP contribution >= 0.6 is 0 Å². The molecule has 0 bridgehead atoms. The summed E-state index contributed by atoms with van der Waals surface area (Å²) < 4.78 is 0. The van der Waals surface area contributed by atoms with Crippen LogP contribution in [0.5, 0.6) is 0 Å². The van der Waals surface area contributed by atoms with Gasteiger partial charge in [0.1, 0.15) is 0 Å². The van der Waals surface area contributed by atoms with Crippen LogP contribution in [0.3, 0.4) is 0 Å². The molecule has 2 rings (SSSR count). The molecule has 2 fully saturated rings. The Balaban J connectivity index is 1.94. The first kappa shape index (κ1) is 10.4. The minimum Gasteiger partial charge on any atom is -0.481 e. The third-order valence-corrected chi connectivity index (χ3v) is 3.81. The van der Waals surface area contributed by atoms with E-state index in [1.165, 1.54) is 0 Å². The number of carboxylic acids is 1. The number of hydrogen-bond donors (Lipinski definition) is 1. The van der Waals surface area contributed by atoms with Crippen molar-refractivity contribution >= 4 is 5.97 Å². The van der Waals surface area contributed by atoms with Gasteiger partial charge in [-0.3, -0.25) is 9.80 Å². The van der Waals surface area contributed by atoms with Crippen LogP contribution in [0, 0.1) is 22.7 Å². The van der Waals surface area contributed by atoms with Gasteiger partial charge < -0.3 is 5.11 Å². The Morgan fingerprint density at radius 3 is 2.73 bits per heavy atom. The normalized spacial score (nSPS) is 35.7. The third kappa shape index (κ3) is 2.11. The predicted octanol–water partition coefficient (Wildman–Crippen LogP) is 1.49. The van der Waals surface area contributed by atoms with E-state index in [2.05, 4.69) is 5.29 Å². The number of carboxylic acid groups (broad SMARTS) is 1. The standard InChI is InChI=1S/C10H16N2O3/c13-10(14)8-1-2-9-6-12(11-15)4-3-7(9)5-8/h7-9H,1-6H2,(H,13,14). The molecule has 3 atom stereocenters. The second kappa shape index (κ2) is 4.16. The zero-order valence-corrected chi connectivity index (χ0v) is 8.63. The lowest BCUT2D eigenvalue weighted by Gasteiger charge is -2.40. The molecule has 3 unspecified atom stereocenters. The molecule has 1 saturated carbocycles. The van der Waals surface area contributed by atoms with Crippen molar-refractivity contribution in [3.05, 3.63) is 4.91 Å². The van der Waals surface area contributed by atoms with E-state index < -0.39 is 5.97 Å². The van der Waals surface area contributed by atoms with Crippen molar-refractivity contribution in [2.45, 2.75) is 25.7 Å². The smallest absolute Gasteiger partial charge is 0.306 e. The Hall–Kier alpha value is -1.13. The summed E-state index contributed by atoms with van der Waals surface area (Å²) in [5, 5.41) is 13.5. The average Bonchev–Trinajstić information content (AvgIpc) is 2.27. The highest BCUT2D eigenvalue weighted by Crippen LogP contribution is 2.39. The molecule has 0 spiro atoms. The number of aliphatic carboxylic acids is 1. The Labute approximate surface area is 88.4 Å². The Kier molecular flexibility index (Phi) is 2.88. The monoisotopic (exact) mass is 212 g/mol. The summed E-state index contributed by atoms with van der Waals surface area (Å²) >= 11 is 0. The molecule has 0 aromatic heterocycles. The maximum atomic E-state index is 10.9. The van der Waals surface area contributed by atoms with Gasteiger partial charge in [-0.25, -0.2) is 0 Å². The molecule has 84 valence electrons. The molecule has 1 aliphatic carbocycles. The lowest BCUT2D eigenvalue weighted by atomic mass is 9.71. The number of piperidine rings is 1. The second-order valence-electron chi connectivity index (χ2n) is 4.65. The second-order valence-corrected chi connectivity index (χ2v) is 4.65. The van der Waals surface area contributed by atoms with Crippen LogP contribution < -0.4 is 0 Å². The van der Waals surface area contributed by atoms with Crippen molar-refractivity contribution in [2.24, 2.45) is 23.0 Å². The van der Waals surface area contributed by atoms with Crippen LogP contribution in [-0.4, -0.2) is 29.2 Å². The van der Waals surface area contributed by atoms with Gasteiger partial charge in [0.15, 0.2) is 0 Å². The molecule has 1 saturated heterocycles. The summed E-state index contributed by atoms with van der Waals surface area (Å²) in [5.74, 6) is 0.135. The first-order valence-electron chi connectivity index (χ1n) is 5.51. The van der Waals surface area contributed by atoms with E-state index >= 15 is 0 Å². The van der Waals surface area contributed by atoms with E-state index in [1.807, 2.05) is 0 Å². The Morgan fingerprint density at radius 1 is 1.27 bits per heavy atom. The van der Waals surface area contributed by atoms with E-state index in [1.54, 1.807) is 5.01 Å². The summed E-state index contributed by atoms with van der Waals surface area (Å²) in [7, 11) is 0. The molecule has 0 aromatic carbocycles. The van der Waals surface area contributed by atoms with Crippen LogP contribution in [0.1, 0.15) is 25.7 Å². The van der Waals surface area contributed by atoms with Gasteiger partial charge in [-0.15, -0.1) is 4.91 Å². The number of nitrogens with zero attached hydrogens (tertiary/aromatic N) is 2. The summed E-state index contributed by atoms with van der Waals surface area (Å²) in [6.07, 6.45) is 3.38. The van der Waals surface area contributed by atoms with Gasteiger partial charge in [-0.2, -0.15) is 0 Å². The van der Waals surface area contributed by atoms with E-state index in [0.29, 0.717) is 18.4 Å². The fourth-order valence-corrected chi connectivity index (χ4v) is 2.90. The molecule has 1 heterocycles. The van der Waals surface area contributed by atoms with Crippen molar-refractivity contribution in [3.63, 3.8) is 0 Å². The molecule has 0 amide bonds. The van der Waals surface area contributed by atoms with Crippen LogP contribution in [-0.2, 0) is 4.79 Å². The van der Waals surface area contributed by atoms with E-state index in [4.69, 9.17) is 5.11 Å². The van der Waals surface area contributed by atoms with Crippen LogP contribution in [0.2, 0.25) is 0 Å². The van der Waals surface area contributed by atoms with Gasteiger partial charge in [0.25, 0.3) is 0 Å². The van der Waals surface area contributed by atoms with Crippen molar-refractivity contribution in [2.75, 3.05) is 13.1 Å². The SMILES string of the molecule is O=NN1CCC2CC(C(=O)O)CCC2C1. The third-order valence-electron chi connectivity index (χ3n) is 3.81. The number of fused-ring (bicyclic) bond motifs is 1. The molecule has 2 aliphatic rings. The summed E-state index contributed by atoms with van der Waals surface area (Å²) in [6, 6.07) is 0. The van der Waals surface area contributed by atoms with Gasteiger partial charge in [-0.1, -0.05) is 0 Å². The van der Waals surface area contributed by atoms with E-state index in [-0.39, 0.29) is 5.92 Å². The van der Waals surface area contributed by atoms with Crippen LogP contribution in [0.4, 0.5) is 0 Å². The minimum atomic E-state index is -0.663. The van der Waals surface area contributed by atoms with Gasteiger partial charge in [0.2, 0.25) is 0 Å².